The fourth-order valence-electron chi connectivity index (χ4n) is 3.43. The summed E-state index contributed by atoms with van der Waals surface area (Å²) in [6.45, 7) is 5.50. The molecule has 3 rings (SSSR count). The number of alkyl halides is 3. The molecule has 1 aliphatic carbocycles. The summed E-state index contributed by atoms with van der Waals surface area (Å²) in [5.74, 6) is -0.800. The lowest BCUT2D eigenvalue weighted by atomic mass is 9.87. The highest BCUT2D eigenvalue weighted by Crippen LogP contribution is 2.27. The lowest BCUT2D eigenvalue weighted by Crippen LogP contribution is -2.38. The number of carbonyl (C=O) groups excluding carboxylic acids is 1. The van der Waals surface area contributed by atoms with Crippen LogP contribution in [0.4, 0.5) is 13.2 Å². The van der Waals surface area contributed by atoms with Gasteiger partial charge in [-0.25, -0.2) is 9.50 Å². The van der Waals surface area contributed by atoms with E-state index < -0.39 is 12.0 Å². The van der Waals surface area contributed by atoms with E-state index in [2.05, 4.69) is 27.3 Å². The zero-order chi connectivity index (χ0) is 19.1. The van der Waals surface area contributed by atoms with Crippen LogP contribution in [0.25, 0.3) is 5.78 Å². The molecule has 0 aromatic carbocycles. The van der Waals surface area contributed by atoms with Crippen LogP contribution in [0.15, 0.2) is 0 Å². The number of halogens is 3. The maximum absolute atomic E-state index is 12.8. The summed E-state index contributed by atoms with van der Waals surface area (Å²) in [5, 5.41) is 6.53. The van der Waals surface area contributed by atoms with Gasteiger partial charge < -0.3 is 5.32 Å². The first kappa shape index (κ1) is 18.6. The van der Waals surface area contributed by atoms with Crippen LogP contribution >= 0.6 is 0 Å². The summed E-state index contributed by atoms with van der Waals surface area (Å²) in [4.78, 5) is 19.9. The summed E-state index contributed by atoms with van der Waals surface area (Å²) in [6, 6.07) is 0.166. The first-order valence-electron chi connectivity index (χ1n) is 8.74. The topological polar surface area (TPSA) is 72.2 Å². The molecule has 0 unspecified atom stereocenters. The molecular weight excluding hydrogens is 347 g/mol. The molecule has 26 heavy (non-hydrogen) atoms. The second-order valence-corrected chi connectivity index (χ2v) is 7.11. The third-order valence-electron chi connectivity index (χ3n) is 5.02. The number of hydrogen-bond donors (Lipinski definition) is 1. The molecular formula is C17H22F3N5O. The first-order valence-corrected chi connectivity index (χ1v) is 8.74. The lowest BCUT2D eigenvalue weighted by Gasteiger charge is -2.27. The number of fused-ring (bicyclic) bond motifs is 1. The lowest BCUT2D eigenvalue weighted by molar-refractivity contribution is -0.144. The van der Waals surface area contributed by atoms with E-state index in [4.69, 9.17) is 0 Å². The number of rotatable bonds is 3. The minimum absolute atomic E-state index is 0.0634. The van der Waals surface area contributed by atoms with Gasteiger partial charge in [-0.2, -0.15) is 18.2 Å². The molecule has 0 spiro atoms. The molecule has 9 heteroatoms. The van der Waals surface area contributed by atoms with E-state index in [0.29, 0.717) is 22.9 Å². The van der Waals surface area contributed by atoms with Crippen molar-refractivity contribution in [2.24, 2.45) is 5.92 Å². The molecule has 1 amide bonds. The van der Waals surface area contributed by atoms with E-state index in [1.807, 2.05) is 0 Å². The Morgan fingerprint density at radius 3 is 2.46 bits per heavy atom. The highest BCUT2D eigenvalue weighted by Gasteiger charge is 2.37. The van der Waals surface area contributed by atoms with Gasteiger partial charge in [0.25, 0.3) is 11.6 Å². The Kier molecular flexibility index (Phi) is 4.90. The Hall–Kier alpha value is -2.19. The average molecular weight is 369 g/mol. The SMILES string of the molecule is Cc1nc2nc(C(F)(F)F)nn2c(C)c1CC(=O)NC1CCC(C)CC1. The van der Waals surface area contributed by atoms with Crippen molar-refractivity contribution in [1.29, 1.82) is 0 Å². The molecule has 2 aromatic heterocycles. The van der Waals surface area contributed by atoms with Gasteiger partial charge in [0, 0.05) is 23.0 Å². The van der Waals surface area contributed by atoms with Crippen molar-refractivity contribution in [3.63, 3.8) is 0 Å². The average Bonchev–Trinajstić information content (AvgIpc) is 2.98. The normalized spacial score (nSPS) is 21.2. The van der Waals surface area contributed by atoms with E-state index >= 15 is 0 Å². The van der Waals surface area contributed by atoms with Crippen LogP contribution < -0.4 is 5.32 Å². The maximum atomic E-state index is 12.8. The molecule has 1 aliphatic rings. The van der Waals surface area contributed by atoms with Gasteiger partial charge in [0.2, 0.25) is 5.91 Å². The van der Waals surface area contributed by atoms with Gasteiger partial charge in [-0.3, -0.25) is 4.79 Å². The Labute approximate surface area is 149 Å². The number of nitrogens with zero attached hydrogens (tertiary/aromatic N) is 4. The molecule has 1 fully saturated rings. The van der Waals surface area contributed by atoms with Gasteiger partial charge in [-0.15, -0.1) is 5.10 Å². The smallest absolute Gasteiger partial charge is 0.353 e. The fourth-order valence-corrected chi connectivity index (χ4v) is 3.43. The van der Waals surface area contributed by atoms with Crippen LogP contribution in [0.3, 0.4) is 0 Å². The molecule has 2 aromatic rings. The van der Waals surface area contributed by atoms with Crippen molar-refractivity contribution in [2.75, 3.05) is 0 Å². The van der Waals surface area contributed by atoms with E-state index in [9.17, 15) is 18.0 Å². The van der Waals surface area contributed by atoms with Crippen LogP contribution in [0.5, 0.6) is 0 Å². The van der Waals surface area contributed by atoms with Crippen molar-refractivity contribution in [3.05, 3.63) is 22.8 Å². The van der Waals surface area contributed by atoms with Crippen LogP contribution in [0.1, 0.15) is 55.4 Å². The first-order chi connectivity index (χ1) is 12.1. The van der Waals surface area contributed by atoms with Gasteiger partial charge in [-0.1, -0.05) is 6.92 Å². The highest BCUT2D eigenvalue weighted by atomic mass is 19.4. The number of hydrogen-bond acceptors (Lipinski definition) is 4. The van der Waals surface area contributed by atoms with Gasteiger partial charge >= 0.3 is 6.18 Å². The van der Waals surface area contributed by atoms with Crippen LogP contribution in [0.2, 0.25) is 0 Å². The van der Waals surface area contributed by atoms with E-state index in [1.54, 1.807) is 13.8 Å². The summed E-state index contributed by atoms with van der Waals surface area (Å²) in [7, 11) is 0. The van der Waals surface area contributed by atoms with Crippen molar-refractivity contribution in [3.8, 4) is 0 Å². The van der Waals surface area contributed by atoms with Gasteiger partial charge in [0.15, 0.2) is 0 Å². The minimum Gasteiger partial charge on any atom is -0.353 e. The number of amides is 1. The molecule has 0 saturated heterocycles. The van der Waals surface area contributed by atoms with E-state index in [1.165, 1.54) is 0 Å². The molecule has 0 atom stereocenters. The van der Waals surface area contributed by atoms with Crippen molar-refractivity contribution in [2.45, 2.75) is 65.1 Å². The van der Waals surface area contributed by atoms with Crippen molar-refractivity contribution in [1.82, 2.24) is 24.9 Å². The largest absolute Gasteiger partial charge is 0.453 e. The molecule has 2 heterocycles. The summed E-state index contributed by atoms with van der Waals surface area (Å²) >= 11 is 0. The van der Waals surface area contributed by atoms with Crippen molar-refractivity contribution >= 4 is 11.7 Å². The third kappa shape index (κ3) is 3.81. The van der Waals surface area contributed by atoms with E-state index in [0.717, 1.165) is 30.2 Å². The molecule has 1 saturated carbocycles. The molecule has 0 aliphatic heterocycles. The van der Waals surface area contributed by atoms with Crippen LogP contribution in [-0.4, -0.2) is 31.5 Å². The summed E-state index contributed by atoms with van der Waals surface area (Å²) in [6.07, 6.45) is -0.469. The Morgan fingerprint density at radius 2 is 1.85 bits per heavy atom. The third-order valence-corrected chi connectivity index (χ3v) is 5.02. The standard InChI is InChI=1S/C17H22F3N5O/c1-9-4-6-12(7-5-9)22-14(26)8-13-10(2)21-16-23-15(17(18,19)20)24-25(16)11(13)3/h9,12H,4-8H2,1-3H3,(H,22,26). The zero-order valence-electron chi connectivity index (χ0n) is 15.0. The number of aromatic nitrogens is 4. The second kappa shape index (κ2) is 6.85. The molecule has 1 N–H and O–H groups in total. The van der Waals surface area contributed by atoms with Gasteiger partial charge in [0.05, 0.1) is 6.42 Å². The summed E-state index contributed by atoms with van der Waals surface area (Å²) < 4.78 is 39.5. The van der Waals surface area contributed by atoms with Gasteiger partial charge in [0.1, 0.15) is 0 Å². The van der Waals surface area contributed by atoms with Crippen LogP contribution in [-0.2, 0) is 17.4 Å². The van der Waals surface area contributed by atoms with Crippen LogP contribution in [0, 0.1) is 19.8 Å². The highest BCUT2D eigenvalue weighted by molar-refractivity contribution is 5.79. The van der Waals surface area contributed by atoms with Crippen molar-refractivity contribution < 1.29 is 18.0 Å². The minimum atomic E-state index is -4.64. The monoisotopic (exact) mass is 369 g/mol. The summed E-state index contributed by atoms with van der Waals surface area (Å²) in [5.41, 5.74) is 1.52. The molecule has 0 radical (unpaired) electrons. The Balaban J connectivity index is 1.80. The maximum Gasteiger partial charge on any atom is 0.453 e. The fraction of sp³-hybridized carbons (Fsp3) is 0.647. The Bertz CT molecular complexity index is 822. The molecule has 142 valence electrons. The number of aryl methyl sites for hydroxylation is 2. The van der Waals surface area contributed by atoms with Gasteiger partial charge in [-0.05, 0) is 45.4 Å². The quantitative estimate of drug-likeness (QED) is 0.903. The zero-order valence-corrected chi connectivity index (χ0v) is 15.0. The predicted molar refractivity (Wildman–Crippen MR) is 88.5 cm³/mol. The number of nitrogens with one attached hydrogen (secondary N) is 1. The molecule has 0 bridgehead atoms. The number of carbonyl (C=O) groups is 1. The van der Waals surface area contributed by atoms with E-state index in [-0.39, 0.29) is 24.1 Å². The molecule has 6 nitrogen and oxygen atoms in total. The predicted octanol–water partition coefficient (Wildman–Crippen LogP) is 3.00. The second-order valence-electron chi connectivity index (χ2n) is 7.11. The Morgan fingerprint density at radius 1 is 1.19 bits per heavy atom.